The van der Waals surface area contributed by atoms with E-state index in [1.54, 1.807) is 12.4 Å². The Morgan fingerprint density at radius 3 is 2.50 bits per heavy atom. The average molecular weight is 131 g/mol. The number of hydrogen-bond acceptors (Lipinski definition) is 1. The Bertz CT molecular complexity index is 224. The first-order valence-corrected chi connectivity index (χ1v) is 3.03. The van der Waals surface area contributed by atoms with E-state index in [0.717, 1.165) is 5.56 Å². The predicted octanol–water partition coefficient (Wildman–Crippen LogP) is 1.81. The smallest absolute Gasteiger partial charge is 0.0142 e. The summed E-state index contributed by atoms with van der Waals surface area (Å²) < 4.78 is 0. The van der Waals surface area contributed by atoms with Crippen molar-refractivity contribution >= 4 is 12.4 Å². The van der Waals surface area contributed by atoms with Gasteiger partial charge in [0, 0.05) is 0 Å². The molecule has 0 aliphatic heterocycles. The van der Waals surface area contributed by atoms with Crippen molar-refractivity contribution in [1.82, 2.24) is 0 Å². The second-order valence-corrected chi connectivity index (χ2v) is 1.86. The molecule has 1 rings (SSSR count). The minimum Gasteiger partial charge on any atom is -0.419 e. The first-order valence-electron chi connectivity index (χ1n) is 3.03. The van der Waals surface area contributed by atoms with Crippen molar-refractivity contribution < 1.29 is 4.79 Å². The van der Waals surface area contributed by atoms with Crippen LogP contribution in [0.2, 0.25) is 0 Å². The second-order valence-electron chi connectivity index (χ2n) is 1.86. The van der Waals surface area contributed by atoms with Gasteiger partial charge in [-0.3, -0.25) is 0 Å². The van der Waals surface area contributed by atoms with E-state index in [2.05, 4.69) is 0 Å². The Labute approximate surface area is 60.0 Å². The molecule has 0 saturated heterocycles. The zero-order valence-electron chi connectivity index (χ0n) is 5.45. The Balaban J connectivity index is 2.76. The SMILES string of the molecule is O=[C-]/C=C/c1ccccc1. The van der Waals surface area contributed by atoms with Gasteiger partial charge in [0.15, 0.2) is 0 Å². The van der Waals surface area contributed by atoms with Crippen molar-refractivity contribution in [2.45, 2.75) is 0 Å². The first-order chi connectivity index (χ1) is 4.93. The van der Waals surface area contributed by atoms with Gasteiger partial charge in [0.25, 0.3) is 0 Å². The molecule has 0 atom stereocenters. The van der Waals surface area contributed by atoms with E-state index in [9.17, 15) is 4.79 Å². The Morgan fingerprint density at radius 2 is 1.90 bits per heavy atom. The maximum absolute atomic E-state index is 9.77. The van der Waals surface area contributed by atoms with Crippen LogP contribution in [0.4, 0.5) is 0 Å². The van der Waals surface area contributed by atoms with E-state index in [0.29, 0.717) is 0 Å². The number of carbonyl (C=O) groups excluding carboxylic acids is 1. The van der Waals surface area contributed by atoms with Crippen molar-refractivity contribution in [3.8, 4) is 0 Å². The molecular formula is C9H7O-. The number of benzene rings is 1. The molecule has 0 fully saturated rings. The number of hydrogen-bond donors (Lipinski definition) is 0. The van der Waals surface area contributed by atoms with Crippen molar-refractivity contribution in [3.63, 3.8) is 0 Å². The fraction of sp³-hybridized carbons (Fsp3) is 0. The van der Waals surface area contributed by atoms with Gasteiger partial charge in [-0.1, -0.05) is 30.3 Å². The molecule has 1 nitrogen and oxygen atoms in total. The lowest BCUT2D eigenvalue weighted by molar-refractivity contribution is 0.564. The van der Waals surface area contributed by atoms with E-state index in [4.69, 9.17) is 0 Å². The lowest BCUT2D eigenvalue weighted by atomic mass is 10.2. The zero-order valence-corrected chi connectivity index (χ0v) is 5.45. The summed E-state index contributed by atoms with van der Waals surface area (Å²) in [6.45, 7) is 0. The molecule has 0 aromatic heterocycles. The van der Waals surface area contributed by atoms with E-state index in [1.165, 1.54) is 6.08 Å². The molecule has 0 amide bonds. The van der Waals surface area contributed by atoms with Crippen LogP contribution in [0.3, 0.4) is 0 Å². The minimum atomic E-state index is 1.02. The van der Waals surface area contributed by atoms with E-state index < -0.39 is 0 Å². The summed E-state index contributed by atoms with van der Waals surface area (Å²) in [6, 6.07) is 9.62. The summed E-state index contributed by atoms with van der Waals surface area (Å²) in [7, 11) is 0. The molecule has 0 spiro atoms. The summed E-state index contributed by atoms with van der Waals surface area (Å²) in [6.07, 6.45) is 4.76. The van der Waals surface area contributed by atoms with Crippen LogP contribution in [0, 0.1) is 0 Å². The second kappa shape index (κ2) is 3.62. The standard InChI is InChI=1S/C9H7O/c10-8-4-7-9-5-2-1-3-6-9/h1-7H/q-1/b7-4+. The van der Waals surface area contributed by atoms with Gasteiger partial charge in [-0.25, -0.2) is 6.08 Å². The van der Waals surface area contributed by atoms with Crippen molar-refractivity contribution in [1.29, 1.82) is 0 Å². The molecule has 0 aliphatic carbocycles. The third-order valence-electron chi connectivity index (χ3n) is 1.14. The maximum atomic E-state index is 9.77. The van der Waals surface area contributed by atoms with Crippen molar-refractivity contribution in [2.24, 2.45) is 0 Å². The molecule has 0 unspecified atom stereocenters. The van der Waals surface area contributed by atoms with Gasteiger partial charge < -0.3 is 4.79 Å². The molecule has 1 heteroatoms. The average Bonchev–Trinajstić information content (AvgIpc) is 2.03. The van der Waals surface area contributed by atoms with E-state index >= 15 is 0 Å². The highest BCUT2D eigenvalue weighted by Gasteiger charge is 1.72. The van der Waals surface area contributed by atoms with Crippen molar-refractivity contribution in [3.05, 3.63) is 42.0 Å². The molecule has 0 heterocycles. The maximum Gasteiger partial charge on any atom is -0.0142 e. The lowest BCUT2D eigenvalue weighted by Gasteiger charge is -1.93. The molecule has 0 saturated carbocycles. The molecular weight excluding hydrogens is 124 g/mol. The molecule has 1 aromatic rings. The van der Waals surface area contributed by atoms with Gasteiger partial charge in [-0.15, -0.1) is 5.56 Å². The molecule has 0 radical (unpaired) electrons. The molecule has 0 bridgehead atoms. The number of allylic oxidation sites excluding steroid dienone is 1. The quantitative estimate of drug-likeness (QED) is 0.442. The van der Waals surface area contributed by atoms with Crippen LogP contribution in [0.5, 0.6) is 0 Å². The largest absolute Gasteiger partial charge is 0.419 e. The highest BCUT2D eigenvalue weighted by molar-refractivity contribution is 5.74. The summed E-state index contributed by atoms with van der Waals surface area (Å²) in [5, 5.41) is 0. The molecule has 1 aromatic carbocycles. The van der Waals surface area contributed by atoms with Crippen LogP contribution in [-0.4, -0.2) is 6.29 Å². The van der Waals surface area contributed by atoms with Crippen LogP contribution in [0.25, 0.3) is 6.08 Å². The molecule has 50 valence electrons. The lowest BCUT2D eigenvalue weighted by Crippen LogP contribution is -1.67. The molecule has 0 aliphatic rings. The van der Waals surface area contributed by atoms with Crippen molar-refractivity contribution in [2.75, 3.05) is 0 Å². The Hall–Kier alpha value is -1.37. The van der Waals surface area contributed by atoms with Gasteiger partial charge in [0.2, 0.25) is 0 Å². The molecule has 0 N–H and O–H groups in total. The fourth-order valence-electron chi connectivity index (χ4n) is 0.694. The van der Waals surface area contributed by atoms with Crippen LogP contribution in [0.15, 0.2) is 36.4 Å². The highest BCUT2D eigenvalue weighted by atomic mass is 16.1. The third-order valence-corrected chi connectivity index (χ3v) is 1.14. The molecule has 10 heavy (non-hydrogen) atoms. The van der Waals surface area contributed by atoms with Crippen LogP contribution >= 0.6 is 0 Å². The van der Waals surface area contributed by atoms with Gasteiger partial charge in [0.1, 0.15) is 0 Å². The summed E-state index contributed by atoms with van der Waals surface area (Å²) >= 11 is 0. The van der Waals surface area contributed by atoms with E-state index in [1.807, 2.05) is 30.3 Å². The zero-order chi connectivity index (χ0) is 7.23. The van der Waals surface area contributed by atoms with Gasteiger partial charge in [-0.2, -0.15) is 6.08 Å². The van der Waals surface area contributed by atoms with E-state index in [-0.39, 0.29) is 0 Å². The van der Waals surface area contributed by atoms with Crippen LogP contribution in [-0.2, 0) is 4.79 Å². The monoisotopic (exact) mass is 131 g/mol. The first kappa shape index (κ1) is 6.75. The fourth-order valence-corrected chi connectivity index (χ4v) is 0.694. The summed E-state index contributed by atoms with van der Waals surface area (Å²) in [4.78, 5) is 9.77. The Kier molecular flexibility index (Phi) is 2.44. The predicted molar refractivity (Wildman–Crippen MR) is 41.2 cm³/mol. The highest BCUT2D eigenvalue weighted by Crippen LogP contribution is 1.99. The topological polar surface area (TPSA) is 17.1 Å². The third kappa shape index (κ3) is 1.86. The Morgan fingerprint density at radius 1 is 1.20 bits per heavy atom. The number of rotatable bonds is 2. The van der Waals surface area contributed by atoms with Crippen LogP contribution < -0.4 is 0 Å². The summed E-state index contributed by atoms with van der Waals surface area (Å²) in [5.41, 5.74) is 1.02. The minimum absolute atomic E-state index is 1.02. The summed E-state index contributed by atoms with van der Waals surface area (Å²) in [5.74, 6) is 0. The van der Waals surface area contributed by atoms with Crippen LogP contribution in [0.1, 0.15) is 5.56 Å². The van der Waals surface area contributed by atoms with Gasteiger partial charge in [-0.05, 0) is 6.29 Å². The van der Waals surface area contributed by atoms with Gasteiger partial charge >= 0.3 is 0 Å². The van der Waals surface area contributed by atoms with Gasteiger partial charge in [0.05, 0.1) is 0 Å². The normalized spacial score (nSPS) is 10.0.